The van der Waals surface area contributed by atoms with Gasteiger partial charge in [0, 0.05) is 6.04 Å². The van der Waals surface area contributed by atoms with Gasteiger partial charge in [0.15, 0.2) is 0 Å². The largest absolute Gasteiger partial charge is 0.310 e. The van der Waals surface area contributed by atoms with Crippen molar-refractivity contribution in [2.45, 2.75) is 45.1 Å². The Morgan fingerprint density at radius 1 is 1.33 bits per heavy atom. The minimum Gasteiger partial charge on any atom is -0.310 e. The molecular formula is C15H21BrFN. The highest BCUT2D eigenvalue weighted by Crippen LogP contribution is 2.25. The lowest BCUT2D eigenvalue weighted by Gasteiger charge is -2.24. The maximum Gasteiger partial charge on any atom is 0.137 e. The zero-order valence-electron chi connectivity index (χ0n) is 10.9. The lowest BCUT2D eigenvalue weighted by molar-refractivity contribution is 0.331. The van der Waals surface area contributed by atoms with Crippen LogP contribution < -0.4 is 5.32 Å². The minimum atomic E-state index is -0.196. The van der Waals surface area contributed by atoms with Gasteiger partial charge in [0.25, 0.3) is 0 Å². The third-order valence-electron chi connectivity index (χ3n) is 3.88. The summed E-state index contributed by atoms with van der Waals surface area (Å²) < 4.78 is 13.7. The summed E-state index contributed by atoms with van der Waals surface area (Å²) in [5.41, 5.74) is 1.14. The highest BCUT2D eigenvalue weighted by Gasteiger charge is 2.15. The fourth-order valence-corrected chi connectivity index (χ4v) is 3.03. The Bertz CT molecular complexity index is 388. The average Bonchev–Trinajstić information content (AvgIpc) is 2.40. The molecule has 3 heteroatoms. The molecule has 1 nitrogen and oxygen atoms in total. The van der Waals surface area contributed by atoms with E-state index in [1.165, 1.54) is 38.2 Å². The summed E-state index contributed by atoms with van der Waals surface area (Å²) in [6.07, 6.45) is 6.86. The van der Waals surface area contributed by atoms with E-state index in [9.17, 15) is 4.39 Å². The van der Waals surface area contributed by atoms with E-state index in [2.05, 4.69) is 28.2 Å². The summed E-state index contributed by atoms with van der Waals surface area (Å²) in [5, 5.41) is 3.57. The van der Waals surface area contributed by atoms with Crippen molar-refractivity contribution in [2.24, 2.45) is 5.92 Å². The second-order valence-corrected chi connectivity index (χ2v) is 6.16. The molecule has 2 rings (SSSR count). The zero-order valence-corrected chi connectivity index (χ0v) is 12.5. The second kappa shape index (κ2) is 6.67. The highest BCUT2D eigenvalue weighted by molar-refractivity contribution is 9.10. The summed E-state index contributed by atoms with van der Waals surface area (Å²) in [6, 6.07) is 5.54. The molecule has 1 aromatic carbocycles. The molecule has 0 heterocycles. The first-order valence-corrected chi connectivity index (χ1v) is 7.64. The molecule has 0 saturated heterocycles. The van der Waals surface area contributed by atoms with Gasteiger partial charge in [0.05, 0.1) is 4.47 Å². The van der Waals surface area contributed by atoms with E-state index in [1.807, 2.05) is 12.1 Å². The minimum absolute atomic E-state index is 0.196. The number of nitrogens with one attached hydrogen (secondary N) is 1. The lowest BCUT2D eigenvalue weighted by atomic mass is 9.89. The number of hydrogen-bond donors (Lipinski definition) is 1. The molecular weight excluding hydrogens is 293 g/mol. The standard InChI is InChI=1S/C15H21BrFN/c1-11(13-7-8-15(17)14(16)9-13)18-10-12-5-3-2-4-6-12/h7-9,11-12,18H,2-6,10H2,1H3. The molecule has 1 fully saturated rings. The fraction of sp³-hybridized carbons (Fsp3) is 0.600. The van der Waals surface area contributed by atoms with E-state index in [0.717, 1.165) is 18.0 Å². The van der Waals surface area contributed by atoms with Gasteiger partial charge in [-0.15, -0.1) is 0 Å². The van der Waals surface area contributed by atoms with Crippen molar-refractivity contribution in [3.8, 4) is 0 Å². The molecule has 0 radical (unpaired) electrons. The summed E-state index contributed by atoms with van der Waals surface area (Å²) in [4.78, 5) is 0. The van der Waals surface area contributed by atoms with Gasteiger partial charge in [-0.3, -0.25) is 0 Å². The van der Waals surface area contributed by atoms with Crippen LogP contribution in [-0.4, -0.2) is 6.54 Å². The number of hydrogen-bond acceptors (Lipinski definition) is 1. The Morgan fingerprint density at radius 2 is 2.06 bits per heavy atom. The van der Waals surface area contributed by atoms with Crippen LogP contribution in [-0.2, 0) is 0 Å². The molecule has 1 unspecified atom stereocenters. The van der Waals surface area contributed by atoms with E-state index in [-0.39, 0.29) is 11.9 Å². The van der Waals surface area contributed by atoms with E-state index < -0.39 is 0 Å². The van der Waals surface area contributed by atoms with Crippen LogP contribution in [0.1, 0.15) is 50.6 Å². The van der Waals surface area contributed by atoms with Crippen LogP contribution in [0.25, 0.3) is 0 Å². The van der Waals surface area contributed by atoms with Gasteiger partial charge < -0.3 is 5.32 Å². The molecule has 100 valence electrons. The van der Waals surface area contributed by atoms with Gasteiger partial charge in [-0.25, -0.2) is 4.39 Å². The molecule has 1 atom stereocenters. The van der Waals surface area contributed by atoms with Gasteiger partial charge in [0.2, 0.25) is 0 Å². The molecule has 0 spiro atoms. The monoisotopic (exact) mass is 313 g/mol. The molecule has 0 amide bonds. The summed E-state index contributed by atoms with van der Waals surface area (Å²) in [6.45, 7) is 3.22. The normalized spacial score (nSPS) is 18.8. The smallest absolute Gasteiger partial charge is 0.137 e. The second-order valence-electron chi connectivity index (χ2n) is 5.31. The van der Waals surface area contributed by atoms with Gasteiger partial charge in [-0.2, -0.15) is 0 Å². The van der Waals surface area contributed by atoms with Crippen LogP contribution in [0.15, 0.2) is 22.7 Å². The highest BCUT2D eigenvalue weighted by atomic mass is 79.9. The number of benzene rings is 1. The quantitative estimate of drug-likeness (QED) is 0.840. The predicted molar refractivity (Wildman–Crippen MR) is 77.1 cm³/mol. The van der Waals surface area contributed by atoms with Gasteiger partial charge in [-0.1, -0.05) is 25.3 Å². The van der Waals surface area contributed by atoms with E-state index in [1.54, 1.807) is 0 Å². The topological polar surface area (TPSA) is 12.0 Å². The van der Waals surface area contributed by atoms with Crippen LogP contribution in [0.2, 0.25) is 0 Å². The van der Waals surface area contributed by atoms with Crippen molar-refractivity contribution in [1.29, 1.82) is 0 Å². The van der Waals surface area contributed by atoms with Crippen LogP contribution >= 0.6 is 15.9 Å². The van der Waals surface area contributed by atoms with Crippen LogP contribution in [0, 0.1) is 11.7 Å². The third-order valence-corrected chi connectivity index (χ3v) is 4.49. The zero-order chi connectivity index (χ0) is 13.0. The third kappa shape index (κ3) is 3.79. The SMILES string of the molecule is CC(NCC1CCCCC1)c1ccc(F)c(Br)c1. The van der Waals surface area contributed by atoms with Crippen LogP contribution in [0.3, 0.4) is 0 Å². The Kier molecular flexibility index (Phi) is 5.19. The van der Waals surface area contributed by atoms with Crippen molar-refractivity contribution in [3.63, 3.8) is 0 Å². The molecule has 0 bridgehead atoms. The van der Waals surface area contributed by atoms with Crippen molar-refractivity contribution in [3.05, 3.63) is 34.1 Å². The molecule has 0 aromatic heterocycles. The Balaban J connectivity index is 1.86. The fourth-order valence-electron chi connectivity index (χ4n) is 2.63. The van der Waals surface area contributed by atoms with E-state index in [0.29, 0.717) is 4.47 Å². The lowest BCUT2D eigenvalue weighted by Crippen LogP contribution is -2.27. The van der Waals surface area contributed by atoms with Crippen molar-refractivity contribution in [2.75, 3.05) is 6.54 Å². The Hall–Kier alpha value is -0.410. The van der Waals surface area contributed by atoms with E-state index in [4.69, 9.17) is 0 Å². The van der Waals surface area contributed by atoms with Crippen molar-refractivity contribution < 1.29 is 4.39 Å². The summed E-state index contributed by atoms with van der Waals surface area (Å²) >= 11 is 3.24. The maximum atomic E-state index is 13.2. The maximum absolute atomic E-state index is 13.2. The van der Waals surface area contributed by atoms with Crippen LogP contribution in [0.4, 0.5) is 4.39 Å². The van der Waals surface area contributed by atoms with E-state index >= 15 is 0 Å². The first-order valence-electron chi connectivity index (χ1n) is 6.85. The molecule has 1 aliphatic carbocycles. The Morgan fingerprint density at radius 3 is 2.72 bits per heavy atom. The molecule has 1 saturated carbocycles. The molecule has 0 aliphatic heterocycles. The summed E-state index contributed by atoms with van der Waals surface area (Å²) in [5.74, 6) is 0.628. The molecule has 18 heavy (non-hydrogen) atoms. The average molecular weight is 314 g/mol. The van der Waals surface area contributed by atoms with Gasteiger partial charge >= 0.3 is 0 Å². The Labute approximate surface area is 117 Å². The number of halogens is 2. The van der Waals surface area contributed by atoms with Gasteiger partial charge in [-0.05, 0) is 65.9 Å². The molecule has 1 aliphatic rings. The van der Waals surface area contributed by atoms with Crippen LogP contribution in [0.5, 0.6) is 0 Å². The summed E-state index contributed by atoms with van der Waals surface area (Å²) in [7, 11) is 0. The predicted octanol–water partition coefficient (Wildman–Crippen LogP) is 4.82. The molecule has 1 N–H and O–H groups in total. The first kappa shape index (κ1) is 14.0. The molecule has 1 aromatic rings. The number of rotatable bonds is 4. The first-order chi connectivity index (χ1) is 8.66. The van der Waals surface area contributed by atoms with Gasteiger partial charge in [0.1, 0.15) is 5.82 Å². The van der Waals surface area contributed by atoms with Crippen molar-refractivity contribution in [1.82, 2.24) is 5.32 Å². The van der Waals surface area contributed by atoms with Crippen molar-refractivity contribution >= 4 is 15.9 Å².